The van der Waals surface area contributed by atoms with E-state index in [1.165, 1.54) is 25.3 Å². The molecule has 0 heterocycles. The Hall–Kier alpha value is -1.03. The van der Waals surface area contributed by atoms with Gasteiger partial charge >= 0.3 is 6.61 Å². The van der Waals surface area contributed by atoms with E-state index in [2.05, 4.69) is 10.1 Å². The first-order valence-electron chi connectivity index (χ1n) is 6.16. The maximum Gasteiger partial charge on any atom is 0.387 e. The second kappa shape index (κ2) is 6.23. The van der Waals surface area contributed by atoms with Crippen molar-refractivity contribution >= 4 is 17.3 Å². The van der Waals surface area contributed by atoms with Gasteiger partial charge in [-0.3, -0.25) is 0 Å². The van der Waals surface area contributed by atoms with Crippen LogP contribution in [0.5, 0.6) is 5.75 Å². The largest absolute Gasteiger partial charge is 0.433 e. The minimum Gasteiger partial charge on any atom is -0.433 e. The molecule has 1 aromatic rings. The zero-order chi connectivity index (χ0) is 13.0. The molecule has 0 radical (unpaired) electrons. The topological polar surface area (TPSA) is 21.3 Å². The average Bonchev–Trinajstić information content (AvgIpc) is 2.33. The smallest absolute Gasteiger partial charge is 0.387 e. The molecule has 2 rings (SSSR count). The number of rotatable bonds is 4. The highest BCUT2D eigenvalue weighted by Crippen LogP contribution is 2.30. The summed E-state index contributed by atoms with van der Waals surface area (Å²) >= 11 is 5.89. The van der Waals surface area contributed by atoms with E-state index in [1.54, 1.807) is 12.1 Å². The fraction of sp³-hybridized carbons (Fsp3) is 0.538. The van der Waals surface area contributed by atoms with E-state index in [-0.39, 0.29) is 10.8 Å². The molecule has 2 nitrogen and oxygen atoms in total. The van der Waals surface area contributed by atoms with Crippen molar-refractivity contribution in [3.63, 3.8) is 0 Å². The molecule has 0 aliphatic heterocycles. The average molecular weight is 276 g/mol. The van der Waals surface area contributed by atoms with Crippen LogP contribution in [-0.4, -0.2) is 12.7 Å². The molecule has 1 aliphatic carbocycles. The van der Waals surface area contributed by atoms with Crippen molar-refractivity contribution in [1.29, 1.82) is 0 Å². The molecule has 100 valence electrons. The maximum atomic E-state index is 12.1. The Labute approximate surface area is 110 Å². The third-order valence-electron chi connectivity index (χ3n) is 3.12. The molecule has 0 unspecified atom stereocenters. The van der Waals surface area contributed by atoms with Crippen LogP contribution < -0.4 is 10.1 Å². The fourth-order valence-corrected chi connectivity index (χ4v) is 2.49. The van der Waals surface area contributed by atoms with Crippen molar-refractivity contribution in [2.45, 2.75) is 44.8 Å². The minimum absolute atomic E-state index is 0.0147. The van der Waals surface area contributed by atoms with E-state index in [0.29, 0.717) is 6.04 Å². The summed E-state index contributed by atoms with van der Waals surface area (Å²) in [7, 11) is 0. The highest BCUT2D eigenvalue weighted by atomic mass is 35.5. The molecule has 1 N–H and O–H groups in total. The Morgan fingerprint density at radius 1 is 1.22 bits per heavy atom. The van der Waals surface area contributed by atoms with Crippen LogP contribution >= 0.6 is 11.6 Å². The summed E-state index contributed by atoms with van der Waals surface area (Å²) in [5.41, 5.74) is 0.855. The Morgan fingerprint density at radius 2 is 1.94 bits per heavy atom. The molecular weight excluding hydrogens is 260 g/mol. The Kier molecular flexibility index (Phi) is 4.64. The predicted molar refractivity (Wildman–Crippen MR) is 68.6 cm³/mol. The van der Waals surface area contributed by atoms with E-state index in [9.17, 15) is 8.78 Å². The van der Waals surface area contributed by atoms with Gasteiger partial charge in [0.05, 0.1) is 5.02 Å². The molecule has 18 heavy (non-hydrogen) atoms. The predicted octanol–water partition coefficient (Wildman–Crippen LogP) is 4.69. The summed E-state index contributed by atoms with van der Waals surface area (Å²) in [5, 5.41) is 3.58. The van der Waals surface area contributed by atoms with Crippen LogP contribution in [0.3, 0.4) is 0 Å². The van der Waals surface area contributed by atoms with E-state index in [0.717, 1.165) is 18.5 Å². The minimum atomic E-state index is -2.85. The molecule has 0 amide bonds. The van der Waals surface area contributed by atoms with Crippen LogP contribution in [0.1, 0.15) is 32.1 Å². The Morgan fingerprint density at radius 3 is 2.56 bits per heavy atom. The third kappa shape index (κ3) is 3.73. The van der Waals surface area contributed by atoms with Gasteiger partial charge in [0.25, 0.3) is 0 Å². The SMILES string of the molecule is FC(F)Oc1ccc(NC2CCCCC2)cc1Cl. The van der Waals surface area contributed by atoms with E-state index in [4.69, 9.17) is 11.6 Å². The first kappa shape index (κ1) is 13.4. The van der Waals surface area contributed by atoms with Crippen LogP contribution in [0.4, 0.5) is 14.5 Å². The number of halogens is 3. The summed E-state index contributed by atoms with van der Waals surface area (Å²) in [6.45, 7) is -2.85. The van der Waals surface area contributed by atoms with E-state index < -0.39 is 6.61 Å². The lowest BCUT2D eigenvalue weighted by atomic mass is 9.95. The first-order valence-corrected chi connectivity index (χ1v) is 6.54. The van der Waals surface area contributed by atoms with Gasteiger partial charge in [-0.25, -0.2) is 0 Å². The lowest BCUT2D eigenvalue weighted by Gasteiger charge is -2.24. The van der Waals surface area contributed by atoms with E-state index in [1.807, 2.05) is 0 Å². The summed E-state index contributed by atoms with van der Waals surface area (Å²) < 4.78 is 28.5. The van der Waals surface area contributed by atoms with Gasteiger partial charge in [-0.15, -0.1) is 0 Å². The molecule has 0 atom stereocenters. The molecule has 0 saturated heterocycles. The summed E-state index contributed by atoms with van der Waals surface area (Å²) in [6, 6.07) is 5.28. The number of benzene rings is 1. The fourth-order valence-electron chi connectivity index (χ4n) is 2.26. The van der Waals surface area contributed by atoms with Gasteiger partial charge in [0.2, 0.25) is 0 Å². The summed E-state index contributed by atoms with van der Waals surface area (Å²) in [4.78, 5) is 0. The van der Waals surface area contributed by atoms with Gasteiger partial charge in [0, 0.05) is 11.7 Å². The van der Waals surface area contributed by atoms with E-state index >= 15 is 0 Å². The molecule has 1 saturated carbocycles. The molecule has 1 aromatic carbocycles. The number of hydrogen-bond donors (Lipinski definition) is 1. The molecule has 5 heteroatoms. The second-order valence-electron chi connectivity index (χ2n) is 4.50. The Bertz CT molecular complexity index is 395. The van der Waals surface area contributed by atoms with Gasteiger partial charge in [-0.1, -0.05) is 30.9 Å². The highest BCUT2D eigenvalue weighted by Gasteiger charge is 2.14. The lowest BCUT2D eigenvalue weighted by molar-refractivity contribution is -0.0497. The molecule has 1 aliphatic rings. The molecular formula is C13H16ClF2NO. The molecule has 0 spiro atoms. The van der Waals surface area contributed by atoms with Gasteiger partial charge in [-0.05, 0) is 31.0 Å². The van der Waals surface area contributed by atoms with Crippen LogP contribution in [0.2, 0.25) is 5.02 Å². The van der Waals surface area contributed by atoms with Crippen LogP contribution in [0, 0.1) is 0 Å². The molecule has 0 bridgehead atoms. The standard InChI is InChI=1S/C13H16ClF2NO/c14-11-8-10(6-7-12(11)18-13(15)16)17-9-4-2-1-3-5-9/h6-9,13,17H,1-5H2. The number of hydrogen-bond acceptors (Lipinski definition) is 2. The van der Waals surface area contributed by atoms with Gasteiger partial charge < -0.3 is 10.1 Å². The molecule has 0 aromatic heterocycles. The van der Waals surface area contributed by atoms with Crippen LogP contribution in [0.25, 0.3) is 0 Å². The third-order valence-corrected chi connectivity index (χ3v) is 3.42. The quantitative estimate of drug-likeness (QED) is 0.861. The zero-order valence-corrected chi connectivity index (χ0v) is 10.7. The van der Waals surface area contributed by atoms with Crippen molar-refractivity contribution in [3.05, 3.63) is 23.2 Å². The number of anilines is 1. The second-order valence-corrected chi connectivity index (χ2v) is 4.91. The van der Waals surface area contributed by atoms with Crippen molar-refractivity contribution in [1.82, 2.24) is 0 Å². The van der Waals surface area contributed by atoms with Crippen molar-refractivity contribution < 1.29 is 13.5 Å². The summed E-state index contributed by atoms with van der Waals surface area (Å²) in [5.74, 6) is 0.0147. The number of nitrogens with one attached hydrogen (secondary N) is 1. The maximum absolute atomic E-state index is 12.1. The van der Waals surface area contributed by atoms with Gasteiger partial charge in [0.15, 0.2) is 0 Å². The monoisotopic (exact) mass is 275 g/mol. The highest BCUT2D eigenvalue weighted by molar-refractivity contribution is 6.32. The summed E-state index contributed by atoms with van der Waals surface area (Å²) in [6.07, 6.45) is 6.05. The number of alkyl halides is 2. The van der Waals surface area contributed by atoms with Gasteiger partial charge in [0.1, 0.15) is 5.75 Å². The van der Waals surface area contributed by atoms with Crippen LogP contribution in [0.15, 0.2) is 18.2 Å². The lowest BCUT2D eigenvalue weighted by Crippen LogP contribution is -2.22. The Balaban J connectivity index is 1.99. The van der Waals surface area contributed by atoms with Crippen molar-refractivity contribution in [3.8, 4) is 5.75 Å². The molecule has 1 fully saturated rings. The van der Waals surface area contributed by atoms with Crippen molar-refractivity contribution in [2.24, 2.45) is 0 Å². The van der Waals surface area contributed by atoms with Crippen molar-refractivity contribution in [2.75, 3.05) is 5.32 Å². The number of ether oxygens (including phenoxy) is 1. The first-order chi connectivity index (χ1) is 8.65. The van der Waals surface area contributed by atoms with Gasteiger partial charge in [-0.2, -0.15) is 8.78 Å². The normalized spacial score (nSPS) is 16.9. The zero-order valence-electron chi connectivity index (χ0n) is 9.96. The van der Waals surface area contributed by atoms with Crippen LogP contribution in [-0.2, 0) is 0 Å².